The minimum atomic E-state index is -0.382. The summed E-state index contributed by atoms with van der Waals surface area (Å²) in [5, 5.41) is 3.74. The number of hydroxylamine groups is 2. The lowest BCUT2D eigenvalue weighted by molar-refractivity contribution is -0.0598. The number of benzene rings is 1. The molecule has 0 aliphatic rings. The molecule has 140 valence electrons. The third-order valence-electron chi connectivity index (χ3n) is 3.48. The van der Waals surface area contributed by atoms with E-state index in [0.29, 0.717) is 18.2 Å². The van der Waals surface area contributed by atoms with Gasteiger partial charge in [0.1, 0.15) is 5.75 Å². The van der Waals surface area contributed by atoms with Crippen molar-refractivity contribution in [3.05, 3.63) is 48.2 Å². The second-order valence-electron chi connectivity index (χ2n) is 5.90. The van der Waals surface area contributed by atoms with Gasteiger partial charge in [-0.1, -0.05) is 12.1 Å². The Labute approximate surface area is 153 Å². The minimum absolute atomic E-state index is 0.165. The van der Waals surface area contributed by atoms with Crippen molar-refractivity contribution in [1.29, 1.82) is 0 Å². The van der Waals surface area contributed by atoms with E-state index in [-0.39, 0.29) is 12.1 Å². The molecule has 0 bridgehead atoms. The standard InChI is InChI=1S/C19H25N3O4/c1-14(2)26-17-8-5-15(6-9-17)11-12-25-18-10-7-16(13-20-18)21-19(23)22(3)24-4/h5-10,13-14H,11-12H2,1-4H3,(H,21,23). The maximum absolute atomic E-state index is 11.7. The van der Waals surface area contributed by atoms with Crippen LogP contribution in [0.5, 0.6) is 11.6 Å². The van der Waals surface area contributed by atoms with Gasteiger partial charge in [-0.15, -0.1) is 0 Å². The van der Waals surface area contributed by atoms with E-state index in [1.165, 1.54) is 20.4 Å². The van der Waals surface area contributed by atoms with Crippen LogP contribution in [0, 0.1) is 0 Å². The maximum Gasteiger partial charge on any atom is 0.345 e. The van der Waals surface area contributed by atoms with Gasteiger partial charge in [-0.2, -0.15) is 0 Å². The summed E-state index contributed by atoms with van der Waals surface area (Å²) in [7, 11) is 2.93. The minimum Gasteiger partial charge on any atom is -0.491 e. The molecule has 2 aromatic rings. The number of hydrogen-bond donors (Lipinski definition) is 1. The highest BCUT2D eigenvalue weighted by atomic mass is 16.7. The number of pyridine rings is 1. The molecule has 7 nitrogen and oxygen atoms in total. The predicted octanol–water partition coefficient (Wildman–Crippen LogP) is 3.52. The second-order valence-corrected chi connectivity index (χ2v) is 5.90. The van der Waals surface area contributed by atoms with E-state index in [4.69, 9.17) is 14.3 Å². The van der Waals surface area contributed by atoms with Gasteiger partial charge in [0.05, 0.1) is 31.7 Å². The Morgan fingerprint density at radius 3 is 2.50 bits per heavy atom. The molecule has 0 aliphatic heterocycles. The van der Waals surface area contributed by atoms with Gasteiger partial charge in [0.15, 0.2) is 0 Å². The Morgan fingerprint density at radius 1 is 1.19 bits per heavy atom. The zero-order valence-corrected chi connectivity index (χ0v) is 15.6. The van der Waals surface area contributed by atoms with Crippen molar-refractivity contribution in [3.8, 4) is 11.6 Å². The predicted molar refractivity (Wildman–Crippen MR) is 99.4 cm³/mol. The van der Waals surface area contributed by atoms with Crippen LogP contribution in [-0.2, 0) is 11.3 Å². The second kappa shape index (κ2) is 9.62. The Morgan fingerprint density at radius 2 is 1.92 bits per heavy atom. The Balaban J connectivity index is 1.78. The van der Waals surface area contributed by atoms with E-state index in [0.717, 1.165) is 22.8 Å². The van der Waals surface area contributed by atoms with Gasteiger partial charge in [0.2, 0.25) is 5.88 Å². The molecule has 1 aromatic heterocycles. The van der Waals surface area contributed by atoms with Gasteiger partial charge in [-0.25, -0.2) is 14.8 Å². The van der Waals surface area contributed by atoms with Crippen LogP contribution < -0.4 is 14.8 Å². The summed E-state index contributed by atoms with van der Waals surface area (Å²) in [6.45, 7) is 4.51. The van der Waals surface area contributed by atoms with Crippen molar-refractivity contribution in [3.63, 3.8) is 0 Å². The van der Waals surface area contributed by atoms with E-state index < -0.39 is 0 Å². The first-order valence-corrected chi connectivity index (χ1v) is 8.41. The average molecular weight is 359 g/mol. The number of carbonyl (C=O) groups excluding carboxylic acids is 1. The van der Waals surface area contributed by atoms with Crippen molar-refractivity contribution in [2.75, 3.05) is 26.1 Å². The molecule has 0 atom stereocenters. The van der Waals surface area contributed by atoms with E-state index in [1.807, 2.05) is 38.1 Å². The number of carbonyl (C=O) groups is 1. The van der Waals surface area contributed by atoms with Gasteiger partial charge < -0.3 is 14.8 Å². The average Bonchev–Trinajstić information content (AvgIpc) is 2.63. The zero-order valence-electron chi connectivity index (χ0n) is 15.6. The number of amides is 2. The lowest BCUT2D eigenvalue weighted by Crippen LogP contribution is -2.30. The summed E-state index contributed by atoms with van der Waals surface area (Å²) in [6.07, 6.45) is 2.47. The molecule has 0 aliphatic carbocycles. The summed E-state index contributed by atoms with van der Waals surface area (Å²) < 4.78 is 11.3. The monoisotopic (exact) mass is 359 g/mol. The number of ether oxygens (including phenoxy) is 2. The van der Waals surface area contributed by atoms with Gasteiger partial charge in [-0.05, 0) is 37.6 Å². The van der Waals surface area contributed by atoms with Crippen LogP contribution in [-0.4, -0.2) is 42.9 Å². The van der Waals surface area contributed by atoms with Crippen LogP contribution in [0.3, 0.4) is 0 Å². The number of hydrogen-bond acceptors (Lipinski definition) is 5. The molecule has 1 aromatic carbocycles. The fraction of sp³-hybridized carbons (Fsp3) is 0.368. The fourth-order valence-corrected chi connectivity index (χ4v) is 2.11. The molecular formula is C19H25N3O4. The van der Waals surface area contributed by atoms with Crippen molar-refractivity contribution in [1.82, 2.24) is 10.0 Å². The number of aromatic nitrogens is 1. The van der Waals surface area contributed by atoms with Crippen molar-refractivity contribution < 1.29 is 19.1 Å². The van der Waals surface area contributed by atoms with E-state index in [1.54, 1.807) is 12.1 Å². The first-order chi connectivity index (χ1) is 12.5. The molecule has 0 spiro atoms. The highest BCUT2D eigenvalue weighted by molar-refractivity contribution is 5.88. The Bertz CT molecular complexity index is 687. The maximum atomic E-state index is 11.7. The summed E-state index contributed by atoms with van der Waals surface area (Å²) in [5.74, 6) is 1.37. The van der Waals surface area contributed by atoms with Crippen molar-refractivity contribution >= 4 is 11.7 Å². The highest BCUT2D eigenvalue weighted by Gasteiger charge is 2.08. The number of rotatable bonds is 8. The van der Waals surface area contributed by atoms with Crippen LogP contribution in [0.15, 0.2) is 42.6 Å². The zero-order chi connectivity index (χ0) is 18.9. The number of anilines is 1. The third-order valence-corrected chi connectivity index (χ3v) is 3.48. The van der Waals surface area contributed by atoms with Crippen LogP contribution in [0.4, 0.5) is 10.5 Å². The fourth-order valence-electron chi connectivity index (χ4n) is 2.11. The topological polar surface area (TPSA) is 72.9 Å². The Hall–Kier alpha value is -2.80. The molecule has 0 unspecified atom stereocenters. The molecule has 1 N–H and O–H groups in total. The van der Waals surface area contributed by atoms with Crippen LogP contribution in [0.1, 0.15) is 19.4 Å². The van der Waals surface area contributed by atoms with Crippen LogP contribution in [0.25, 0.3) is 0 Å². The summed E-state index contributed by atoms with van der Waals surface area (Å²) >= 11 is 0. The molecule has 2 rings (SSSR count). The largest absolute Gasteiger partial charge is 0.491 e. The van der Waals surface area contributed by atoms with Crippen molar-refractivity contribution in [2.24, 2.45) is 0 Å². The van der Waals surface area contributed by atoms with Gasteiger partial charge in [-0.3, -0.25) is 4.84 Å². The molecule has 0 radical (unpaired) electrons. The van der Waals surface area contributed by atoms with E-state index in [9.17, 15) is 4.79 Å². The lowest BCUT2D eigenvalue weighted by atomic mass is 10.1. The van der Waals surface area contributed by atoms with Crippen LogP contribution in [0.2, 0.25) is 0 Å². The van der Waals surface area contributed by atoms with E-state index in [2.05, 4.69) is 10.3 Å². The summed E-state index contributed by atoms with van der Waals surface area (Å²) in [6, 6.07) is 11.0. The van der Waals surface area contributed by atoms with Gasteiger partial charge in [0, 0.05) is 19.5 Å². The molecule has 0 saturated heterocycles. The molecule has 0 saturated carbocycles. The van der Waals surface area contributed by atoms with Crippen LogP contribution >= 0.6 is 0 Å². The summed E-state index contributed by atoms with van der Waals surface area (Å²) in [4.78, 5) is 20.6. The summed E-state index contributed by atoms with van der Waals surface area (Å²) in [5.41, 5.74) is 1.72. The van der Waals surface area contributed by atoms with Gasteiger partial charge >= 0.3 is 6.03 Å². The first-order valence-electron chi connectivity index (χ1n) is 8.41. The number of nitrogens with one attached hydrogen (secondary N) is 1. The number of nitrogens with zero attached hydrogens (tertiary/aromatic N) is 2. The number of urea groups is 1. The third kappa shape index (κ3) is 6.25. The molecule has 1 heterocycles. The van der Waals surface area contributed by atoms with Crippen molar-refractivity contribution in [2.45, 2.75) is 26.4 Å². The normalized spacial score (nSPS) is 10.5. The lowest BCUT2D eigenvalue weighted by Gasteiger charge is -2.14. The molecule has 26 heavy (non-hydrogen) atoms. The smallest absolute Gasteiger partial charge is 0.345 e. The van der Waals surface area contributed by atoms with Gasteiger partial charge in [0.25, 0.3) is 0 Å². The highest BCUT2D eigenvalue weighted by Crippen LogP contribution is 2.15. The Kier molecular flexibility index (Phi) is 7.23. The molecule has 7 heteroatoms. The quantitative estimate of drug-likeness (QED) is 0.730. The first kappa shape index (κ1) is 19.5. The SMILES string of the molecule is CON(C)C(=O)Nc1ccc(OCCc2ccc(OC(C)C)cc2)nc1. The molecular weight excluding hydrogens is 334 g/mol. The molecule has 0 fully saturated rings. The molecule has 2 amide bonds. The van der Waals surface area contributed by atoms with E-state index >= 15 is 0 Å².